The van der Waals surface area contributed by atoms with Gasteiger partial charge < -0.3 is 5.11 Å². The molecule has 13 heavy (non-hydrogen) atoms. The number of aromatic carboxylic acids is 1. The smallest absolute Gasteiger partial charge is 0.339 e. The lowest BCUT2D eigenvalue weighted by Crippen LogP contribution is -2.19. The van der Waals surface area contributed by atoms with Crippen molar-refractivity contribution in [1.82, 2.24) is 9.97 Å². The summed E-state index contributed by atoms with van der Waals surface area (Å²) in [7, 11) is 0. The SMILES string of the molecule is CC(C)(C)c1ncncc1C(=O)O. The summed E-state index contributed by atoms with van der Waals surface area (Å²) in [6, 6.07) is 0. The second-order valence-electron chi connectivity index (χ2n) is 3.84. The lowest BCUT2D eigenvalue weighted by Gasteiger charge is -2.18. The van der Waals surface area contributed by atoms with E-state index in [0.717, 1.165) is 0 Å². The fraction of sp³-hybridized carbons (Fsp3) is 0.444. The Balaban J connectivity index is 3.28. The molecule has 0 atom stereocenters. The minimum Gasteiger partial charge on any atom is -0.478 e. The standard InChI is InChI=1S/C9H12N2O2/c1-9(2,3)7-6(8(12)13)4-10-5-11-7/h4-5H,1-3H3,(H,12,13). The van der Waals surface area contributed by atoms with Crippen molar-refractivity contribution >= 4 is 5.97 Å². The van der Waals surface area contributed by atoms with Gasteiger partial charge in [-0.3, -0.25) is 0 Å². The molecule has 0 aliphatic heterocycles. The molecule has 0 saturated carbocycles. The lowest BCUT2D eigenvalue weighted by molar-refractivity contribution is 0.0693. The molecule has 1 aromatic heterocycles. The molecule has 1 heterocycles. The first-order valence-electron chi connectivity index (χ1n) is 3.96. The number of carboxylic acids is 1. The van der Waals surface area contributed by atoms with Crippen molar-refractivity contribution < 1.29 is 9.90 Å². The quantitative estimate of drug-likeness (QED) is 0.710. The van der Waals surface area contributed by atoms with Crippen LogP contribution >= 0.6 is 0 Å². The average molecular weight is 180 g/mol. The molecule has 1 aromatic rings. The summed E-state index contributed by atoms with van der Waals surface area (Å²) in [5.41, 5.74) is 0.474. The van der Waals surface area contributed by atoms with Crippen molar-refractivity contribution in [2.45, 2.75) is 26.2 Å². The van der Waals surface area contributed by atoms with Gasteiger partial charge in [0.05, 0.1) is 11.3 Å². The van der Waals surface area contributed by atoms with Crippen LogP contribution < -0.4 is 0 Å². The molecule has 70 valence electrons. The second kappa shape index (κ2) is 3.12. The maximum absolute atomic E-state index is 10.8. The van der Waals surface area contributed by atoms with Crippen molar-refractivity contribution in [3.8, 4) is 0 Å². The second-order valence-corrected chi connectivity index (χ2v) is 3.84. The summed E-state index contributed by atoms with van der Waals surface area (Å²) >= 11 is 0. The summed E-state index contributed by atoms with van der Waals surface area (Å²) in [5, 5.41) is 8.85. The molecule has 0 aliphatic rings. The van der Waals surface area contributed by atoms with Gasteiger partial charge in [-0.2, -0.15) is 0 Å². The minimum atomic E-state index is -0.981. The molecule has 1 N–H and O–H groups in total. The Bertz CT molecular complexity index is 329. The molecule has 0 aromatic carbocycles. The Morgan fingerprint density at radius 2 is 2.08 bits per heavy atom. The first-order valence-corrected chi connectivity index (χ1v) is 3.96. The third-order valence-electron chi connectivity index (χ3n) is 1.65. The highest BCUT2D eigenvalue weighted by molar-refractivity contribution is 5.88. The van der Waals surface area contributed by atoms with Crippen LogP contribution in [-0.4, -0.2) is 21.0 Å². The number of hydrogen-bond donors (Lipinski definition) is 1. The zero-order chi connectivity index (χ0) is 10.1. The van der Waals surface area contributed by atoms with E-state index in [1.54, 1.807) is 0 Å². The topological polar surface area (TPSA) is 63.1 Å². The van der Waals surface area contributed by atoms with E-state index in [4.69, 9.17) is 5.11 Å². The van der Waals surface area contributed by atoms with Gasteiger partial charge >= 0.3 is 5.97 Å². The minimum absolute atomic E-state index is 0.176. The van der Waals surface area contributed by atoms with Gasteiger partial charge in [-0.15, -0.1) is 0 Å². The molecule has 4 heteroatoms. The third-order valence-corrected chi connectivity index (χ3v) is 1.65. The van der Waals surface area contributed by atoms with E-state index in [0.29, 0.717) is 5.69 Å². The summed E-state index contributed by atoms with van der Waals surface area (Å²) in [6.45, 7) is 5.76. The first kappa shape index (κ1) is 9.64. The molecular weight excluding hydrogens is 168 g/mol. The maximum Gasteiger partial charge on any atom is 0.339 e. The molecule has 0 aliphatic carbocycles. The fourth-order valence-electron chi connectivity index (χ4n) is 1.08. The van der Waals surface area contributed by atoms with Gasteiger partial charge in [0.2, 0.25) is 0 Å². The molecule has 0 radical (unpaired) electrons. The Labute approximate surface area is 76.7 Å². The van der Waals surface area contributed by atoms with Gasteiger partial charge in [-0.25, -0.2) is 14.8 Å². The van der Waals surface area contributed by atoms with Gasteiger partial charge in [-0.1, -0.05) is 20.8 Å². The number of aromatic nitrogens is 2. The Morgan fingerprint density at radius 1 is 1.46 bits per heavy atom. The van der Waals surface area contributed by atoms with E-state index in [2.05, 4.69) is 9.97 Å². The van der Waals surface area contributed by atoms with Crippen LogP contribution in [0.1, 0.15) is 36.8 Å². The van der Waals surface area contributed by atoms with Gasteiger partial charge in [-0.05, 0) is 0 Å². The highest BCUT2D eigenvalue weighted by Gasteiger charge is 2.22. The highest BCUT2D eigenvalue weighted by Crippen LogP contribution is 2.22. The number of carbonyl (C=O) groups is 1. The number of nitrogens with zero attached hydrogens (tertiary/aromatic N) is 2. The van der Waals surface area contributed by atoms with E-state index in [-0.39, 0.29) is 11.0 Å². The highest BCUT2D eigenvalue weighted by atomic mass is 16.4. The van der Waals surface area contributed by atoms with Crippen LogP contribution in [0.25, 0.3) is 0 Å². The summed E-state index contributed by atoms with van der Waals surface area (Å²) < 4.78 is 0. The van der Waals surface area contributed by atoms with Crippen LogP contribution in [-0.2, 0) is 5.41 Å². The van der Waals surface area contributed by atoms with Crippen molar-refractivity contribution in [3.05, 3.63) is 23.8 Å². The largest absolute Gasteiger partial charge is 0.478 e. The molecule has 0 spiro atoms. The average Bonchev–Trinajstić information content (AvgIpc) is 2.03. The number of hydrogen-bond acceptors (Lipinski definition) is 3. The van der Waals surface area contributed by atoms with Crippen molar-refractivity contribution in [2.75, 3.05) is 0 Å². The zero-order valence-electron chi connectivity index (χ0n) is 7.90. The summed E-state index contributed by atoms with van der Waals surface area (Å²) in [5.74, 6) is -0.981. The van der Waals surface area contributed by atoms with Crippen molar-refractivity contribution in [1.29, 1.82) is 0 Å². The van der Waals surface area contributed by atoms with Crippen LogP contribution in [0.5, 0.6) is 0 Å². The van der Waals surface area contributed by atoms with Gasteiger partial charge in [0.25, 0.3) is 0 Å². The Morgan fingerprint density at radius 3 is 2.46 bits per heavy atom. The first-order chi connectivity index (χ1) is 5.93. The molecule has 0 saturated heterocycles. The van der Waals surface area contributed by atoms with Gasteiger partial charge in [0.1, 0.15) is 6.33 Å². The number of carboxylic acid groups (broad SMARTS) is 1. The predicted octanol–water partition coefficient (Wildman–Crippen LogP) is 1.47. The molecule has 0 bridgehead atoms. The zero-order valence-corrected chi connectivity index (χ0v) is 7.90. The predicted molar refractivity (Wildman–Crippen MR) is 47.7 cm³/mol. The van der Waals surface area contributed by atoms with Crippen LogP contribution in [0.4, 0.5) is 0 Å². The van der Waals surface area contributed by atoms with E-state index >= 15 is 0 Å². The molecule has 1 rings (SSSR count). The van der Waals surface area contributed by atoms with E-state index < -0.39 is 5.97 Å². The molecule has 0 amide bonds. The van der Waals surface area contributed by atoms with Crippen molar-refractivity contribution in [2.24, 2.45) is 0 Å². The fourth-order valence-corrected chi connectivity index (χ4v) is 1.08. The summed E-state index contributed by atoms with van der Waals surface area (Å²) in [4.78, 5) is 18.5. The van der Waals surface area contributed by atoms with Crippen LogP contribution in [0.2, 0.25) is 0 Å². The maximum atomic E-state index is 10.8. The summed E-state index contributed by atoms with van der Waals surface area (Å²) in [6.07, 6.45) is 2.70. The van der Waals surface area contributed by atoms with Crippen molar-refractivity contribution in [3.63, 3.8) is 0 Å². The van der Waals surface area contributed by atoms with Gasteiger partial charge in [0.15, 0.2) is 0 Å². The van der Waals surface area contributed by atoms with E-state index in [9.17, 15) is 4.79 Å². The van der Waals surface area contributed by atoms with E-state index in [1.165, 1.54) is 12.5 Å². The van der Waals surface area contributed by atoms with Crippen LogP contribution in [0.3, 0.4) is 0 Å². The number of rotatable bonds is 1. The normalized spacial score (nSPS) is 11.3. The van der Waals surface area contributed by atoms with E-state index in [1.807, 2.05) is 20.8 Å². The van der Waals surface area contributed by atoms with Crippen LogP contribution in [0, 0.1) is 0 Å². The monoisotopic (exact) mass is 180 g/mol. The molecule has 0 fully saturated rings. The Kier molecular flexibility index (Phi) is 2.32. The Hall–Kier alpha value is -1.45. The third kappa shape index (κ3) is 2.02. The lowest BCUT2D eigenvalue weighted by atomic mass is 9.89. The van der Waals surface area contributed by atoms with Crippen LogP contribution in [0.15, 0.2) is 12.5 Å². The molecule has 4 nitrogen and oxygen atoms in total. The van der Waals surface area contributed by atoms with Gasteiger partial charge in [0, 0.05) is 11.6 Å². The molecule has 0 unspecified atom stereocenters. The molecular formula is C9H12N2O2.